The predicted molar refractivity (Wildman–Crippen MR) is 91.4 cm³/mol. The minimum Gasteiger partial charge on any atom is -0.271 e. The van der Waals surface area contributed by atoms with Crippen LogP contribution in [0.25, 0.3) is 0 Å². The van der Waals surface area contributed by atoms with Crippen LogP contribution >= 0.6 is 31.9 Å². The third kappa shape index (κ3) is 3.70. The van der Waals surface area contributed by atoms with Gasteiger partial charge in [0.25, 0.3) is 0 Å². The number of hydrazine groups is 1. The Hall–Kier alpha value is -0.680. The molecule has 0 aliphatic rings. The molecule has 0 saturated carbocycles. The smallest absolute Gasteiger partial charge is 0.0721 e. The molecule has 0 aliphatic heterocycles. The summed E-state index contributed by atoms with van der Waals surface area (Å²) in [6.45, 7) is 2.19. The number of aryl methyl sites for hydroxylation is 1. The number of rotatable bonds is 5. The van der Waals surface area contributed by atoms with Crippen molar-refractivity contribution in [3.8, 4) is 0 Å². The first-order valence-corrected chi connectivity index (χ1v) is 8.24. The van der Waals surface area contributed by atoms with Crippen LogP contribution in [0, 0.1) is 0 Å². The molecule has 0 bridgehead atoms. The minimum atomic E-state index is -0.0192. The summed E-state index contributed by atoms with van der Waals surface area (Å²) in [4.78, 5) is 0. The van der Waals surface area contributed by atoms with Gasteiger partial charge in [0.05, 0.1) is 6.04 Å². The maximum Gasteiger partial charge on any atom is 0.0721 e. The summed E-state index contributed by atoms with van der Waals surface area (Å²) in [7, 11) is 0. The second-order valence-electron chi connectivity index (χ2n) is 4.76. The van der Waals surface area contributed by atoms with Crippen LogP contribution in [0.2, 0.25) is 0 Å². The molecule has 1 unspecified atom stereocenters. The first-order chi connectivity index (χ1) is 9.65. The molecule has 0 amide bonds. The molecule has 2 rings (SSSR count). The zero-order chi connectivity index (χ0) is 14.5. The van der Waals surface area contributed by atoms with Crippen LogP contribution < -0.4 is 11.3 Å². The Morgan fingerprint density at radius 2 is 1.95 bits per heavy atom. The van der Waals surface area contributed by atoms with E-state index in [0.29, 0.717) is 0 Å². The van der Waals surface area contributed by atoms with E-state index in [1.807, 2.05) is 12.1 Å². The SMILES string of the molecule is CCCc1cccc(C(NN)c2ccc(Br)cc2Br)c1. The van der Waals surface area contributed by atoms with Crippen LogP contribution in [0.15, 0.2) is 51.4 Å². The molecule has 0 radical (unpaired) electrons. The first kappa shape index (κ1) is 15.7. The summed E-state index contributed by atoms with van der Waals surface area (Å²) in [5, 5.41) is 0. The Labute approximate surface area is 137 Å². The highest BCUT2D eigenvalue weighted by atomic mass is 79.9. The van der Waals surface area contributed by atoms with E-state index in [-0.39, 0.29) is 6.04 Å². The van der Waals surface area contributed by atoms with Crippen molar-refractivity contribution in [1.29, 1.82) is 0 Å². The van der Waals surface area contributed by atoms with Crippen LogP contribution in [-0.4, -0.2) is 0 Å². The second-order valence-corrected chi connectivity index (χ2v) is 6.53. The molecule has 0 fully saturated rings. The van der Waals surface area contributed by atoms with Gasteiger partial charge in [-0.3, -0.25) is 5.84 Å². The average Bonchev–Trinajstić information content (AvgIpc) is 2.43. The van der Waals surface area contributed by atoms with E-state index in [0.717, 1.165) is 27.4 Å². The molecular weight excluding hydrogens is 380 g/mol. The Balaban J connectivity index is 2.38. The monoisotopic (exact) mass is 396 g/mol. The predicted octanol–water partition coefficient (Wildman–Crippen LogP) is 4.72. The zero-order valence-electron chi connectivity index (χ0n) is 11.4. The van der Waals surface area contributed by atoms with Crippen LogP contribution in [0.4, 0.5) is 0 Å². The zero-order valence-corrected chi connectivity index (χ0v) is 14.5. The fourth-order valence-electron chi connectivity index (χ4n) is 2.32. The summed E-state index contributed by atoms with van der Waals surface area (Å²) < 4.78 is 2.08. The first-order valence-electron chi connectivity index (χ1n) is 6.65. The van der Waals surface area contributed by atoms with Crippen LogP contribution in [0.5, 0.6) is 0 Å². The van der Waals surface area contributed by atoms with Crippen molar-refractivity contribution in [2.45, 2.75) is 25.8 Å². The number of hydrogen-bond donors (Lipinski definition) is 2. The molecule has 4 heteroatoms. The molecule has 0 aliphatic carbocycles. The van der Waals surface area contributed by atoms with Gasteiger partial charge in [0, 0.05) is 8.95 Å². The fraction of sp³-hybridized carbons (Fsp3) is 0.250. The number of nitrogens with one attached hydrogen (secondary N) is 1. The number of benzene rings is 2. The Morgan fingerprint density at radius 1 is 1.15 bits per heavy atom. The van der Waals surface area contributed by atoms with E-state index < -0.39 is 0 Å². The summed E-state index contributed by atoms with van der Waals surface area (Å²) in [6, 6.07) is 14.7. The largest absolute Gasteiger partial charge is 0.271 e. The van der Waals surface area contributed by atoms with Gasteiger partial charge in [-0.05, 0) is 35.2 Å². The van der Waals surface area contributed by atoms with Crippen molar-refractivity contribution in [3.63, 3.8) is 0 Å². The minimum absolute atomic E-state index is 0.0192. The van der Waals surface area contributed by atoms with Gasteiger partial charge in [-0.25, -0.2) is 5.43 Å². The van der Waals surface area contributed by atoms with Crippen molar-refractivity contribution in [2.75, 3.05) is 0 Å². The van der Waals surface area contributed by atoms with Gasteiger partial charge < -0.3 is 0 Å². The summed E-state index contributed by atoms with van der Waals surface area (Å²) >= 11 is 7.08. The maximum absolute atomic E-state index is 5.79. The van der Waals surface area contributed by atoms with Crippen LogP contribution in [0.1, 0.15) is 36.1 Å². The summed E-state index contributed by atoms with van der Waals surface area (Å²) in [6.07, 6.45) is 2.23. The molecule has 2 aromatic rings. The standard InChI is InChI=1S/C16H18Br2N2/c1-2-4-11-5-3-6-12(9-11)16(20-19)14-8-7-13(17)10-15(14)18/h3,5-10,16,20H,2,4,19H2,1H3. The molecule has 2 aromatic carbocycles. The Morgan fingerprint density at radius 3 is 2.60 bits per heavy atom. The van der Waals surface area contributed by atoms with E-state index >= 15 is 0 Å². The van der Waals surface area contributed by atoms with Gasteiger partial charge in [-0.1, -0.05) is 75.5 Å². The van der Waals surface area contributed by atoms with Gasteiger partial charge in [-0.15, -0.1) is 0 Å². The molecule has 0 aromatic heterocycles. The highest BCUT2D eigenvalue weighted by Crippen LogP contribution is 2.30. The Bertz CT molecular complexity index is 584. The van der Waals surface area contributed by atoms with Gasteiger partial charge in [-0.2, -0.15) is 0 Å². The molecule has 1 atom stereocenters. The topological polar surface area (TPSA) is 38.0 Å². The summed E-state index contributed by atoms with van der Waals surface area (Å²) in [5.41, 5.74) is 6.58. The number of nitrogens with two attached hydrogens (primary N) is 1. The molecule has 3 N–H and O–H groups in total. The van der Waals surface area contributed by atoms with E-state index in [9.17, 15) is 0 Å². The van der Waals surface area contributed by atoms with E-state index in [1.54, 1.807) is 0 Å². The van der Waals surface area contributed by atoms with E-state index in [4.69, 9.17) is 5.84 Å². The highest BCUT2D eigenvalue weighted by molar-refractivity contribution is 9.11. The quantitative estimate of drug-likeness (QED) is 0.565. The molecule has 20 heavy (non-hydrogen) atoms. The summed E-state index contributed by atoms with van der Waals surface area (Å²) in [5.74, 6) is 5.79. The fourth-order valence-corrected chi connectivity index (χ4v) is 3.59. The van der Waals surface area contributed by atoms with Gasteiger partial charge >= 0.3 is 0 Å². The van der Waals surface area contributed by atoms with Crippen LogP contribution in [0.3, 0.4) is 0 Å². The van der Waals surface area contributed by atoms with Crippen molar-refractivity contribution in [1.82, 2.24) is 5.43 Å². The Kier molecular flexibility index (Phi) is 5.78. The lowest BCUT2D eigenvalue weighted by Gasteiger charge is -2.19. The normalized spacial score (nSPS) is 12.4. The lowest BCUT2D eigenvalue weighted by atomic mass is 9.96. The molecule has 0 heterocycles. The molecule has 2 nitrogen and oxygen atoms in total. The van der Waals surface area contributed by atoms with E-state index in [2.05, 4.69) is 74.5 Å². The second kappa shape index (κ2) is 7.36. The maximum atomic E-state index is 5.79. The lowest BCUT2D eigenvalue weighted by Crippen LogP contribution is -2.29. The molecule has 0 spiro atoms. The van der Waals surface area contributed by atoms with Gasteiger partial charge in [0.2, 0.25) is 0 Å². The third-order valence-electron chi connectivity index (χ3n) is 3.26. The molecule has 106 valence electrons. The molecular formula is C16H18Br2N2. The third-order valence-corrected chi connectivity index (χ3v) is 4.44. The lowest BCUT2D eigenvalue weighted by molar-refractivity contribution is 0.633. The van der Waals surface area contributed by atoms with Crippen molar-refractivity contribution in [3.05, 3.63) is 68.1 Å². The van der Waals surface area contributed by atoms with Gasteiger partial charge in [0.15, 0.2) is 0 Å². The van der Waals surface area contributed by atoms with Crippen molar-refractivity contribution < 1.29 is 0 Å². The molecule has 0 saturated heterocycles. The highest BCUT2D eigenvalue weighted by Gasteiger charge is 2.15. The van der Waals surface area contributed by atoms with Crippen molar-refractivity contribution in [2.24, 2.45) is 5.84 Å². The van der Waals surface area contributed by atoms with E-state index in [1.165, 1.54) is 11.1 Å². The van der Waals surface area contributed by atoms with Gasteiger partial charge in [0.1, 0.15) is 0 Å². The number of hydrogen-bond acceptors (Lipinski definition) is 2. The van der Waals surface area contributed by atoms with Crippen molar-refractivity contribution >= 4 is 31.9 Å². The number of halogens is 2. The average molecular weight is 398 g/mol. The van der Waals surface area contributed by atoms with Crippen LogP contribution in [-0.2, 0) is 6.42 Å².